The highest BCUT2D eigenvalue weighted by molar-refractivity contribution is 5.92. The monoisotopic (exact) mass is 351 g/mol. The minimum atomic E-state index is -0.456. The smallest absolute Gasteiger partial charge is 0.290 e. The van der Waals surface area contributed by atoms with Gasteiger partial charge in [-0.1, -0.05) is 48.8 Å². The predicted octanol–water partition coefficient (Wildman–Crippen LogP) is 3.57. The van der Waals surface area contributed by atoms with Crippen LogP contribution in [0.3, 0.4) is 0 Å². The third-order valence-corrected chi connectivity index (χ3v) is 3.81. The van der Waals surface area contributed by atoms with E-state index in [0.717, 1.165) is 12.0 Å². The molecule has 0 saturated heterocycles. The number of benzene rings is 1. The number of nitrogens with one attached hydrogen (secondary N) is 1. The van der Waals surface area contributed by atoms with Gasteiger partial charge in [-0.15, -0.1) is 12.4 Å². The molecule has 0 radical (unpaired) electrons. The molecule has 1 amide bonds. The zero-order chi connectivity index (χ0) is 17.0. The fourth-order valence-corrected chi connectivity index (χ4v) is 2.66. The summed E-state index contributed by atoms with van der Waals surface area (Å²) in [6.45, 7) is 8.54. The van der Waals surface area contributed by atoms with Crippen molar-refractivity contribution in [1.29, 1.82) is 0 Å². The van der Waals surface area contributed by atoms with E-state index in [-0.39, 0.29) is 24.1 Å². The summed E-state index contributed by atoms with van der Waals surface area (Å²) in [6, 6.07) is 9.57. The van der Waals surface area contributed by atoms with Crippen molar-refractivity contribution in [3.05, 3.63) is 41.7 Å². The molecular weight excluding hydrogens is 326 g/mol. The van der Waals surface area contributed by atoms with Crippen LogP contribution in [0.2, 0.25) is 0 Å². The van der Waals surface area contributed by atoms with E-state index < -0.39 is 5.54 Å². The van der Waals surface area contributed by atoms with Crippen LogP contribution >= 0.6 is 12.4 Å². The van der Waals surface area contributed by atoms with Gasteiger partial charge in [0, 0.05) is 18.2 Å². The topological polar surface area (TPSA) is 81.2 Å². The molecule has 1 unspecified atom stereocenters. The first-order valence-corrected chi connectivity index (χ1v) is 7.89. The summed E-state index contributed by atoms with van der Waals surface area (Å²) in [5.41, 5.74) is 8.11. The summed E-state index contributed by atoms with van der Waals surface area (Å²) in [5.74, 6) is 0.343. The number of carbonyl (C=O) groups excluding carboxylic acids is 1. The summed E-state index contributed by atoms with van der Waals surface area (Å²) in [5, 5.41) is 6.95. The standard InChI is InChI=1S/C18H25N3O2.ClH/c1-12(2)10-18(4,11-19)20-17(22)16-9-15(21-23-16)14-7-5-13(3)6-8-14;/h5-9,12H,10-11,19H2,1-4H3,(H,20,22);1H. The van der Waals surface area contributed by atoms with E-state index >= 15 is 0 Å². The second-order valence-electron chi connectivity index (χ2n) is 6.76. The summed E-state index contributed by atoms with van der Waals surface area (Å²) in [7, 11) is 0. The lowest BCUT2D eigenvalue weighted by molar-refractivity contribution is 0.0860. The molecule has 1 atom stereocenters. The van der Waals surface area contributed by atoms with Crippen molar-refractivity contribution in [3.63, 3.8) is 0 Å². The average Bonchev–Trinajstić information content (AvgIpc) is 2.97. The number of aromatic nitrogens is 1. The molecule has 1 aromatic carbocycles. The van der Waals surface area contributed by atoms with Crippen LogP contribution in [0, 0.1) is 12.8 Å². The maximum Gasteiger partial charge on any atom is 0.290 e. The quantitative estimate of drug-likeness (QED) is 0.833. The second kappa shape index (κ2) is 8.31. The van der Waals surface area contributed by atoms with Crippen molar-refractivity contribution >= 4 is 18.3 Å². The molecule has 3 N–H and O–H groups in total. The first-order valence-electron chi connectivity index (χ1n) is 7.89. The molecule has 132 valence electrons. The van der Waals surface area contributed by atoms with Crippen molar-refractivity contribution in [2.75, 3.05) is 6.54 Å². The van der Waals surface area contributed by atoms with Gasteiger partial charge < -0.3 is 15.6 Å². The molecule has 0 bridgehead atoms. The van der Waals surface area contributed by atoms with Gasteiger partial charge in [0.05, 0.1) is 5.54 Å². The van der Waals surface area contributed by atoms with E-state index in [2.05, 4.69) is 24.3 Å². The highest BCUT2D eigenvalue weighted by atomic mass is 35.5. The Morgan fingerprint density at radius 3 is 2.50 bits per heavy atom. The number of halogens is 1. The Kier molecular flexibility index (Phi) is 6.99. The van der Waals surface area contributed by atoms with Crippen LogP contribution < -0.4 is 11.1 Å². The number of hydrogen-bond acceptors (Lipinski definition) is 4. The average molecular weight is 352 g/mol. The molecule has 0 saturated carbocycles. The van der Waals surface area contributed by atoms with Crippen molar-refractivity contribution < 1.29 is 9.32 Å². The van der Waals surface area contributed by atoms with Crippen molar-refractivity contribution in [1.82, 2.24) is 10.5 Å². The Balaban J connectivity index is 0.00000288. The Morgan fingerprint density at radius 1 is 1.33 bits per heavy atom. The van der Waals surface area contributed by atoms with Crippen LogP contribution in [0.15, 0.2) is 34.9 Å². The SMILES string of the molecule is Cc1ccc(-c2cc(C(=O)NC(C)(CN)CC(C)C)on2)cc1.Cl. The molecule has 24 heavy (non-hydrogen) atoms. The molecular formula is C18H26ClN3O2. The fraction of sp³-hybridized carbons (Fsp3) is 0.444. The molecule has 0 aliphatic carbocycles. The van der Waals surface area contributed by atoms with Crippen LogP contribution in [0.5, 0.6) is 0 Å². The van der Waals surface area contributed by atoms with E-state index in [9.17, 15) is 4.79 Å². The normalized spacial score (nSPS) is 13.2. The largest absolute Gasteiger partial charge is 0.350 e. The van der Waals surface area contributed by atoms with Crippen LogP contribution in [-0.4, -0.2) is 23.1 Å². The molecule has 0 aliphatic heterocycles. The van der Waals surface area contributed by atoms with E-state index in [4.69, 9.17) is 10.3 Å². The van der Waals surface area contributed by atoms with Crippen LogP contribution in [0.25, 0.3) is 11.3 Å². The molecule has 1 heterocycles. The van der Waals surface area contributed by atoms with Gasteiger partial charge in [-0.2, -0.15) is 0 Å². The van der Waals surface area contributed by atoms with Gasteiger partial charge in [-0.05, 0) is 26.2 Å². The highest BCUT2D eigenvalue weighted by Gasteiger charge is 2.28. The van der Waals surface area contributed by atoms with E-state index in [0.29, 0.717) is 18.2 Å². The lowest BCUT2D eigenvalue weighted by Gasteiger charge is -2.30. The molecule has 0 fully saturated rings. The summed E-state index contributed by atoms with van der Waals surface area (Å²) in [4.78, 5) is 12.4. The highest BCUT2D eigenvalue weighted by Crippen LogP contribution is 2.21. The second-order valence-corrected chi connectivity index (χ2v) is 6.76. The van der Waals surface area contributed by atoms with Gasteiger partial charge in [0.25, 0.3) is 5.91 Å². The number of aryl methyl sites for hydroxylation is 1. The molecule has 2 rings (SSSR count). The molecule has 5 nitrogen and oxygen atoms in total. The van der Waals surface area contributed by atoms with Crippen molar-refractivity contribution in [3.8, 4) is 11.3 Å². The van der Waals surface area contributed by atoms with Gasteiger partial charge in [0.15, 0.2) is 0 Å². The molecule has 0 aliphatic rings. The Morgan fingerprint density at radius 2 is 1.96 bits per heavy atom. The minimum absolute atomic E-state index is 0. The third kappa shape index (κ3) is 5.08. The van der Waals surface area contributed by atoms with Crippen molar-refractivity contribution in [2.45, 2.75) is 39.7 Å². The summed E-state index contributed by atoms with van der Waals surface area (Å²) >= 11 is 0. The van der Waals surface area contributed by atoms with Gasteiger partial charge in [0.2, 0.25) is 5.76 Å². The predicted molar refractivity (Wildman–Crippen MR) is 98.3 cm³/mol. The Labute approximate surface area is 149 Å². The van der Waals surface area contributed by atoms with Crippen LogP contribution in [0.4, 0.5) is 0 Å². The number of carbonyl (C=O) groups is 1. The maximum absolute atomic E-state index is 12.4. The molecule has 6 heteroatoms. The molecule has 0 spiro atoms. The third-order valence-electron chi connectivity index (χ3n) is 3.81. The van der Waals surface area contributed by atoms with Crippen molar-refractivity contribution in [2.24, 2.45) is 11.7 Å². The van der Waals surface area contributed by atoms with E-state index in [1.54, 1.807) is 6.07 Å². The first-order chi connectivity index (χ1) is 10.8. The number of nitrogens with two attached hydrogens (primary N) is 1. The van der Waals surface area contributed by atoms with E-state index in [1.807, 2.05) is 38.1 Å². The Bertz CT molecular complexity index is 667. The Hall–Kier alpha value is -1.85. The summed E-state index contributed by atoms with van der Waals surface area (Å²) in [6.07, 6.45) is 0.800. The zero-order valence-corrected chi connectivity index (χ0v) is 15.4. The lowest BCUT2D eigenvalue weighted by Crippen LogP contribution is -2.52. The van der Waals surface area contributed by atoms with Crippen LogP contribution in [-0.2, 0) is 0 Å². The van der Waals surface area contributed by atoms with E-state index in [1.165, 1.54) is 5.56 Å². The zero-order valence-electron chi connectivity index (χ0n) is 14.6. The van der Waals surface area contributed by atoms with Gasteiger partial charge in [-0.3, -0.25) is 4.79 Å². The number of amides is 1. The summed E-state index contributed by atoms with van der Waals surface area (Å²) < 4.78 is 5.20. The molecule has 1 aromatic heterocycles. The minimum Gasteiger partial charge on any atom is -0.350 e. The van der Waals surface area contributed by atoms with Gasteiger partial charge in [-0.25, -0.2) is 0 Å². The fourth-order valence-electron chi connectivity index (χ4n) is 2.66. The first kappa shape index (κ1) is 20.2. The maximum atomic E-state index is 12.4. The molecule has 2 aromatic rings. The number of rotatable bonds is 6. The van der Waals surface area contributed by atoms with Crippen LogP contribution in [0.1, 0.15) is 43.3 Å². The van der Waals surface area contributed by atoms with Gasteiger partial charge >= 0.3 is 0 Å². The number of nitrogens with zero attached hydrogens (tertiary/aromatic N) is 1. The lowest BCUT2D eigenvalue weighted by atomic mass is 9.90. The number of hydrogen-bond donors (Lipinski definition) is 2. The van der Waals surface area contributed by atoms with Gasteiger partial charge in [0.1, 0.15) is 5.69 Å².